The summed E-state index contributed by atoms with van der Waals surface area (Å²) in [4.78, 5) is 51.3. The SMILES string of the molecule is COc1cccc(CNC(=O)N2C3CN(Cc4cccnc4N(C)C)C(=O)[C@H](Cc4ccc(O)cc4)N3C(=O)CN2C)c1OC. The molecule has 5 rings (SSSR count). The first-order chi connectivity index (χ1) is 21.6. The Balaban J connectivity index is 1.48. The van der Waals surface area contributed by atoms with Crippen LogP contribution in [0.4, 0.5) is 10.6 Å². The van der Waals surface area contributed by atoms with Crippen LogP contribution in [0, 0.1) is 0 Å². The van der Waals surface area contributed by atoms with Crippen LogP contribution in [0.5, 0.6) is 17.2 Å². The van der Waals surface area contributed by atoms with Crippen LogP contribution < -0.4 is 19.7 Å². The first-order valence-electron chi connectivity index (χ1n) is 14.6. The first-order valence-corrected chi connectivity index (χ1v) is 14.6. The zero-order valence-corrected chi connectivity index (χ0v) is 26.1. The third kappa shape index (κ3) is 6.43. The minimum atomic E-state index is -0.872. The van der Waals surface area contributed by atoms with E-state index in [1.165, 1.54) is 17.0 Å². The highest BCUT2D eigenvalue weighted by atomic mass is 16.5. The number of phenols is 1. The number of piperazine rings is 1. The molecule has 1 aromatic heterocycles. The van der Waals surface area contributed by atoms with Crippen LogP contribution in [-0.4, -0.2) is 108 Å². The second kappa shape index (κ2) is 13.3. The largest absolute Gasteiger partial charge is 0.508 e. The summed E-state index contributed by atoms with van der Waals surface area (Å²) < 4.78 is 10.9. The lowest BCUT2D eigenvalue weighted by Crippen LogP contribution is -2.76. The van der Waals surface area contributed by atoms with Crippen LogP contribution in [0.15, 0.2) is 60.8 Å². The summed E-state index contributed by atoms with van der Waals surface area (Å²) in [6.45, 7) is 0.397. The lowest BCUT2D eigenvalue weighted by atomic mass is 9.98. The highest BCUT2D eigenvalue weighted by Crippen LogP contribution is 2.32. The van der Waals surface area contributed by atoms with E-state index >= 15 is 0 Å². The molecule has 13 nitrogen and oxygen atoms in total. The number of fused-ring (bicyclic) bond motifs is 1. The number of carbonyl (C=O) groups excluding carboxylic acids is 3. The second-order valence-corrected chi connectivity index (χ2v) is 11.2. The normalized spacial score (nSPS) is 18.5. The summed E-state index contributed by atoms with van der Waals surface area (Å²) in [7, 11) is 8.54. The zero-order valence-electron chi connectivity index (χ0n) is 26.1. The summed E-state index contributed by atoms with van der Waals surface area (Å²) in [5, 5.41) is 15.9. The molecule has 13 heteroatoms. The van der Waals surface area contributed by atoms with Crippen molar-refractivity contribution in [3.8, 4) is 17.2 Å². The number of methoxy groups -OCH3 is 2. The predicted molar refractivity (Wildman–Crippen MR) is 166 cm³/mol. The first kappa shape index (κ1) is 31.4. The molecule has 1 unspecified atom stereocenters. The Morgan fingerprint density at radius 3 is 2.47 bits per heavy atom. The Labute approximate surface area is 262 Å². The molecule has 2 aliphatic rings. The van der Waals surface area contributed by atoms with E-state index < -0.39 is 18.2 Å². The fourth-order valence-electron chi connectivity index (χ4n) is 6.01. The van der Waals surface area contributed by atoms with Crippen molar-refractivity contribution >= 4 is 23.7 Å². The molecule has 0 bridgehead atoms. The Hall–Kier alpha value is -5.04. The summed E-state index contributed by atoms with van der Waals surface area (Å²) in [5.74, 6) is 1.40. The van der Waals surface area contributed by atoms with Crippen LogP contribution >= 0.6 is 0 Å². The summed E-state index contributed by atoms with van der Waals surface area (Å²) in [6.07, 6.45) is 1.14. The minimum absolute atomic E-state index is 0.0842. The smallest absolute Gasteiger partial charge is 0.334 e. The molecule has 3 aromatic rings. The maximum absolute atomic E-state index is 14.2. The van der Waals surface area contributed by atoms with Gasteiger partial charge in [-0.2, -0.15) is 0 Å². The minimum Gasteiger partial charge on any atom is -0.508 e. The van der Waals surface area contributed by atoms with Gasteiger partial charge in [-0.15, -0.1) is 0 Å². The predicted octanol–water partition coefficient (Wildman–Crippen LogP) is 2.05. The molecule has 3 heterocycles. The van der Waals surface area contributed by atoms with Gasteiger partial charge in [-0.25, -0.2) is 19.8 Å². The van der Waals surface area contributed by atoms with Gasteiger partial charge in [0.05, 0.1) is 27.3 Å². The summed E-state index contributed by atoms with van der Waals surface area (Å²) in [6, 6.07) is 14.4. The molecule has 0 spiro atoms. The van der Waals surface area contributed by atoms with Gasteiger partial charge in [-0.1, -0.05) is 30.3 Å². The third-order valence-electron chi connectivity index (χ3n) is 8.08. The monoisotopic (exact) mass is 617 g/mol. The second-order valence-electron chi connectivity index (χ2n) is 11.2. The highest BCUT2D eigenvalue weighted by molar-refractivity contribution is 5.91. The van der Waals surface area contributed by atoms with E-state index in [1.54, 1.807) is 60.6 Å². The number of aromatic nitrogens is 1. The van der Waals surface area contributed by atoms with Crippen molar-refractivity contribution < 1.29 is 29.0 Å². The number of rotatable bonds is 9. The van der Waals surface area contributed by atoms with Gasteiger partial charge >= 0.3 is 6.03 Å². The van der Waals surface area contributed by atoms with Gasteiger partial charge in [0.25, 0.3) is 0 Å². The lowest BCUT2D eigenvalue weighted by Gasteiger charge is -2.54. The number of nitrogens with zero attached hydrogens (tertiary/aromatic N) is 6. The van der Waals surface area contributed by atoms with Gasteiger partial charge in [0.15, 0.2) is 11.5 Å². The lowest BCUT2D eigenvalue weighted by molar-refractivity contribution is -0.187. The third-order valence-corrected chi connectivity index (χ3v) is 8.08. The van der Waals surface area contributed by atoms with E-state index in [1.807, 2.05) is 43.3 Å². The number of urea groups is 1. The van der Waals surface area contributed by atoms with Gasteiger partial charge < -0.3 is 34.6 Å². The van der Waals surface area contributed by atoms with Gasteiger partial charge in [0, 0.05) is 58.0 Å². The number of hydrogen-bond acceptors (Lipinski definition) is 9. The fourth-order valence-corrected chi connectivity index (χ4v) is 6.01. The number of para-hydroxylation sites is 1. The van der Waals surface area contributed by atoms with E-state index in [4.69, 9.17) is 9.47 Å². The number of ether oxygens (including phenoxy) is 2. The standard InChI is InChI=1S/C32H39N7O6/c1-35(2)30-23(9-7-15-33-30)18-37-19-27-38(25(31(37)42)16-21-11-13-24(40)14-12-21)28(41)20-36(3)39(27)32(43)34-17-22-8-6-10-26(44-4)29(22)45-5/h6-15,25,27,40H,16-20H2,1-5H3,(H,34,43)/t25-,27?/m0/s1. The Kier molecular flexibility index (Phi) is 9.28. The van der Waals surface area contributed by atoms with Crippen molar-refractivity contribution in [2.45, 2.75) is 31.7 Å². The Morgan fingerprint density at radius 1 is 1.04 bits per heavy atom. The maximum Gasteiger partial charge on any atom is 0.334 e. The van der Waals surface area contributed by atoms with Crippen LogP contribution in [-0.2, 0) is 29.1 Å². The van der Waals surface area contributed by atoms with Gasteiger partial charge in [0.1, 0.15) is 23.8 Å². The molecule has 0 radical (unpaired) electrons. The molecular weight excluding hydrogens is 578 g/mol. The van der Waals surface area contributed by atoms with Crippen molar-refractivity contribution in [2.75, 3.05) is 53.4 Å². The molecule has 2 aliphatic heterocycles. The molecule has 2 saturated heterocycles. The van der Waals surface area contributed by atoms with E-state index in [2.05, 4.69) is 10.3 Å². The van der Waals surface area contributed by atoms with E-state index in [-0.39, 0.29) is 50.2 Å². The molecule has 238 valence electrons. The molecule has 2 atom stereocenters. The molecule has 0 aliphatic carbocycles. The number of hydrogen-bond donors (Lipinski definition) is 2. The van der Waals surface area contributed by atoms with E-state index in [0.29, 0.717) is 11.5 Å². The number of anilines is 1. The quantitative estimate of drug-likeness (QED) is 0.371. The molecule has 2 aromatic carbocycles. The average Bonchev–Trinajstić information content (AvgIpc) is 3.02. The number of nitrogens with one attached hydrogen (secondary N) is 1. The van der Waals surface area contributed by atoms with Gasteiger partial charge in [-0.05, 0) is 29.8 Å². The molecule has 45 heavy (non-hydrogen) atoms. The van der Waals surface area contributed by atoms with Gasteiger partial charge in [0.2, 0.25) is 11.8 Å². The van der Waals surface area contributed by atoms with Crippen molar-refractivity contribution in [3.05, 3.63) is 77.5 Å². The number of benzene rings is 2. The van der Waals surface area contributed by atoms with Crippen LogP contribution in [0.25, 0.3) is 0 Å². The number of phenolic OH excluding ortho intramolecular Hbond substituents is 1. The van der Waals surface area contributed by atoms with Crippen LogP contribution in [0.1, 0.15) is 16.7 Å². The van der Waals surface area contributed by atoms with Crippen molar-refractivity contribution in [1.29, 1.82) is 0 Å². The molecule has 2 N–H and O–H groups in total. The number of carbonyl (C=O) groups is 3. The summed E-state index contributed by atoms with van der Waals surface area (Å²) in [5.41, 5.74) is 2.33. The number of likely N-dealkylation sites (N-methyl/N-ethyl adjacent to an activating group) is 1. The van der Waals surface area contributed by atoms with Crippen molar-refractivity contribution in [3.63, 3.8) is 0 Å². The molecule has 0 saturated carbocycles. The maximum atomic E-state index is 14.2. The Morgan fingerprint density at radius 2 is 1.78 bits per heavy atom. The van der Waals surface area contributed by atoms with Crippen molar-refractivity contribution in [1.82, 2.24) is 30.1 Å². The zero-order chi connectivity index (χ0) is 32.2. The Bertz CT molecular complexity index is 1550. The van der Waals surface area contributed by atoms with E-state index in [9.17, 15) is 19.5 Å². The van der Waals surface area contributed by atoms with Crippen LogP contribution in [0.3, 0.4) is 0 Å². The topological polar surface area (TPSA) is 131 Å². The number of pyridine rings is 1. The number of aromatic hydroxyl groups is 1. The van der Waals surface area contributed by atoms with Gasteiger partial charge in [-0.3, -0.25) is 9.59 Å². The van der Waals surface area contributed by atoms with E-state index in [0.717, 1.165) is 22.5 Å². The summed E-state index contributed by atoms with van der Waals surface area (Å²) >= 11 is 0. The molecule has 4 amide bonds. The average molecular weight is 618 g/mol. The molecule has 2 fully saturated rings. The number of hydrazine groups is 1. The number of amides is 4. The molecular formula is C32H39N7O6. The van der Waals surface area contributed by atoms with Crippen LogP contribution in [0.2, 0.25) is 0 Å². The highest BCUT2D eigenvalue weighted by Gasteiger charge is 2.50. The fraction of sp³-hybridized carbons (Fsp3) is 0.375. The van der Waals surface area contributed by atoms with Crippen molar-refractivity contribution in [2.24, 2.45) is 0 Å².